The number of amides is 1. The van der Waals surface area contributed by atoms with Crippen LogP contribution < -0.4 is 10.6 Å². The second-order valence-electron chi connectivity index (χ2n) is 7.54. The normalized spacial score (nSPS) is 15.4. The molecule has 0 aromatic rings. The lowest BCUT2D eigenvalue weighted by Gasteiger charge is -2.18. The fraction of sp³-hybridized carbons (Fsp3) is 0.889. The molecule has 0 aliphatic carbocycles. The number of rotatable bonds is 9. The molecule has 0 spiro atoms. The Morgan fingerprint density at radius 2 is 1.96 bits per heavy atom. The zero-order valence-electron chi connectivity index (χ0n) is 16.0. The number of guanidine groups is 1. The number of carbonyl (C=O) groups is 1. The van der Waals surface area contributed by atoms with Gasteiger partial charge in [0.25, 0.3) is 0 Å². The van der Waals surface area contributed by atoms with Crippen LogP contribution in [0.3, 0.4) is 0 Å². The molecular weight excluding hydrogens is 415 g/mol. The third-order valence-electron chi connectivity index (χ3n) is 4.02. The van der Waals surface area contributed by atoms with Crippen molar-refractivity contribution in [1.82, 2.24) is 15.5 Å². The summed E-state index contributed by atoms with van der Waals surface area (Å²) >= 11 is 0. The van der Waals surface area contributed by atoms with Gasteiger partial charge in [-0.3, -0.25) is 9.79 Å². The van der Waals surface area contributed by atoms with E-state index in [9.17, 15) is 4.79 Å². The van der Waals surface area contributed by atoms with E-state index in [0.717, 1.165) is 57.9 Å². The molecule has 0 radical (unpaired) electrons. The largest absolute Gasteiger partial charge is 0.357 e. The number of hydrogen-bond donors (Lipinski definition) is 2. The van der Waals surface area contributed by atoms with Crippen LogP contribution in [0.2, 0.25) is 0 Å². The van der Waals surface area contributed by atoms with Gasteiger partial charge in [-0.05, 0) is 38.0 Å². The van der Waals surface area contributed by atoms with E-state index in [-0.39, 0.29) is 24.0 Å². The predicted molar refractivity (Wildman–Crippen MR) is 113 cm³/mol. The van der Waals surface area contributed by atoms with Gasteiger partial charge in [0.05, 0.1) is 0 Å². The molecule has 0 aromatic carbocycles. The summed E-state index contributed by atoms with van der Waals surface area (Å²) < 4.78 is 0. The second kappa shape index (κ2) is 12.8. The number of likely N-dealkylation sites (tertiary alicyclic amines) is 1. The highest BCUT2D eigenvalue weighted by Crippen LogP contribution is 2.21. The van der Waals surface area contributed by atoms with Crippen LogP contribution in [0, 0.1) is 5.41 Å². The first-order valence-electron chi connectivity index (χ1n) is 9.22. The van der Waals surface area contributed by atoms with E-state index in [1.54, 1.807) is 0 Å². The Morgan fingerprint density at radius 3 is 2.54 bits per heavy atom. The van der Waals surface area contributed by atoms with E-state index >= 15 is 0 Å². The molecule has 0 atom stereocenters. The summed E-state index contributed by atoms with van der Waals surface area (Å²) in [5.74, 6) is 1.20. The summed E-state index contributed by atoms with van der Waals surface area (Å²) in [6.45, 7) is 13.3. The third-order valence-corrected chi connectivity index (χ3v) is 4.02. The van der Waals surface area contributed by atoms with E-state index in [1.165, 1.54) is 19.3 Å². The van der Waals surface area contributed by atoms with E-state index in [0.29, 0.717) is 11.3 Å². The van der Waals surface area contributed by atoms with Crippen LogP contribution in [0.1, 0.15) is 66.2 Å². The van der Waals surface area contributed by atoms with Crippen molar-refractivity contribution in [3.63, 3.8) is 0 Å². The zero-order valence-corrected chi connectivity index (χ0v) is 18.3. The summed E-state index contributed by atoms with van der Waals surface area (Å²) in [5.41, 5.74) is 0.422. The van der Waals surface area contributed by atoms with Gasteiger partial charge < -0.3 is 15.5 Å². The highest BCUT2D eigenvalue weighted by molar-refractivity contribution is 14.0. The van der Waals surface area contributed by atoms with Crippen molar-refractivity contribution in [3.05, 3.63) is 0 Å². The first kappa shape index (κ1) is 23.5. The van der Waals surface area contributed by atoms with Crippen LogP contribution in [-0.4, -0.2) is 49.5 Å². The molecule has 0 unspecified atom stereocenters. The summed E-state index contributed by atoms with van der Waals surface area (Å²) in [4.78, 5) is 18.1. The molecule has 5 nitrogen and oxygen atoms in total. The fourth-order valence-corrected chi connectivity index (χ4v) is 2.72. The van der Waals surface area contributed by atoms with E-state index in [4.69, 9.17) is 0 Å². The van der Waals surface area contributed by atoms with Crippen LogP contribution in [0.25, 0.3) is 0 Å². The Kier molecular flexibility index (Phi) is 12.5. The molecule has 1 rings (SSSR count). The summed E-state index contributed by atoms with van der Waals surface area (Å²) in [5, 5.41) is 6.69. The van der Waals surface area contributed by atoms with Gasteiger partial charge in [-0.1, -0.05) is 27.2 Å². The fourth-order valence-electron chi connectivity index (χ4n) is 2.72. The maximum atomic E-state index is 11.5. The third kappa shape index (κ3) is 11.1. The Hall–Kier alpha value is -0.530. The summed E-state index contributed by atoms with van der Waals surface area (Å²) in [6.07, 6.45) is 6.35. The molecule has 0 aromatic heterocycles. The lowest BCUT2D eigenvalue weighted by atomic mass is 9.90. The smallest absolute Gasteiger partial charge is 0.222 e. The Labute approximate surface area is 165 Å². The van der Waals surface area contributed by atoms with E-state index in [1.807, 2.05) is 4.90 Å². The SMILES string of the molecule is CCNC(=NCCCN1CCCC1=O)NCCCCC(C)(C)C.I. The van der Waals surface area contributed by atoms with Gasteiger partial charge in [0.15, 0.2) is 5.96 Å². The minimum atomic E-state index is 0. The molecule has 142 valence electrons. The first-order chi connectivity index (χ1) is 10.9. The zero-order chi connectivity index (χ0) is 17.1. The number of hydrogen-bond acceptors (Lipinski definition) is 2. The number of unbranched alkanes of at least 4 members (excludes halogenated alkanes) is 1. The van der Waals surface area contributed by atoms with Gasteiger partial charge in [0.2, 0.25) is 5.91 Å². The molecule has 1 saturated heterocycles. The van der Waals surface area contributed by atoms with Crippen molar-refractivity contribution in [2.24, 2.45) is 10.4 Å². The van der Waals surface area contributed by atoms with Crippen molar-refractivity contribution < 1.29 is 4.79 Å². The monoisotopic (exact) mass is 452 g/mol. The molecule has 6 heteroatoms. The minimum absolute atomic E-state index is 0. The van der Waals surface area contributed by atoms with Crippen LogP contribution in [0.15, 0.2) is 4.99 Å². The van der Waals surface area contributed by atoms with Crippen LogP contribution in [0.4, 0.5) is 0 Å². The molecule has 1 amide bonds. The maximum Gasteiger partial charge on any atom is 0.222 e. The number of aliphatic imine (C=N–C) groups is 1. The van der Waals surface area contributed by atoms with Crippen molar-refractivity contribution in [2.45, 2.75) is 66.2 Å². The highest BCUT2D eigenvalue weighted by Gasteiger charge is 2.18. The maximum absolute atomic E-state index is 11.5. The molecule has 0 saturated carbocycles. The highest BCUT2D eigenvalue weighted by atomic mass is 127. The summed E-state index contributed by atoms with van der Waals surface area (Å²) in [7, 11) is 0. The molecule has 1 heterocycles. The van der Waals surface area contributed by atoms with Crippen molar-refractivity contribution in [1.29, 1.82) is 0 Å². The van der Waals surface area contributed by atoms with Gasteiger partial charge in [-0.25, -0.2) is 0 Å². The molecular formula is C18H37IN4O. The lowest BCUT2D eigenvalue weighted by molar-refractivity contribution is -0.127. The van der Waals surface area contributed by atoms with E-state index in [2.05, 4.69) is 43.3 Å². The van der Waals surface area contributed by atoms with Gasteiger partial charge in [0, 0.05) is 39.1 Å². The Morgan fingerprint density at radius 1 is 1.21 bits per heavy atom. The quantitative estimate of drug-likeness (QED) is 0.244. The number of carbonyl (C=O) groups excluding carboxylic acids is 1. The number of nitrogens with one attached hydrogen (secondary N) is 2. The Bertz CT molecular complexity index is 380. The lowest BCUT2D eigenvalue weighted by Crippen LogP contribution is -2.38. The van der Waals surface area contributed by atoms with Gasteiger partial charge in [-0.2, -0.15) is 0 Å². The van der Waals surface area contributed by atoms with Crippen molar-refractivity contribution in [3.8, 4) is 0 Å². The second-order valence-corrected chi connectivity index (χ2v) is 7.54. The molecule has 1 aliphatic heterocycles. The van der Waals surface area contributed by atoms with Crippen molar-refractivity contribution >= 4 is 35.8 Å². The topological polar surface area (TPSA) is 56.7 Å². The van der Waals surface area contributed by atoms with Gasteiger partial charge in [0.1, 0.15) is 0 Å². The molecule has 0 bridgehead atoms. The van der Waals surface area contributed by atoms with Crippen LogP contribution in [0.5, 0.6) is 0 Å². The van der Waals surface area contributed by atoms with Crippen LogP contribution in [-0.2, 0) is 4.79 Å². The Balaban J connectivity index is 0.00000529. The van der Waals surface area contributed by atoms with Crippen molar-refractivity contribution in [2.75, 3.05) is 32.7 Å². The van der Waals surface area contributed by atoms with Crippen LogP contribution >= 0.6 is 24.0 Å². The number of nitrogens with zero attached hydrogens (tertiary/aromatic N) is 2. The molecule has 1 aliphatic rings. The molecule has 1 fully saturated rings. The predicted octanol–water partition coefficient (Wildman–Crippen LogP) is 3.39. The minimum Gasteiger partial charge on any atom is -0.357 e. The van der Waals surface area contributed by atoms with Gasteiger partial charge in [-0.15, -0.1) is 24.0 Å². The van der Waals surface area contributed by atoms with Gasteiger partial charge >= 0.3 is 0 Å². The first-order valence-corrected chi connectivity index (χ1v) is 9.22. The standard InChI is InChI=1S/C18H36N4O.HI/c1-5-19-17(20-12-7-6-11-18(2,3)4)21-13-9-15-22-14-8-10-16(22)23;/h5-15H2,1-4H3,(H2,19,20,21);1H. The summed E-state index contributed by atoms with van der Waals surface area (Å²) in [6, 6.07) is 0. The van der Waals surface area contributed by atoms with E-state index < -0.39 is 0 Å². The molecule has 24 heavy (non-hydrogen) atoms. The average Bonchev–Trinajstić information content (AvgIpc) is 2.87. The molecule has 2 N–H and O–H groups in total. The number of halogens is 1. The average molecular weight is 452 g/mol.